The lowest BCUT2D eigenvalue weighted by Gasteiger charge is -2.18. The summed E-state index contributed by atoms with van der Waals surface area (Å²) in [6, 6.07) is 13.4. The van der Waals surface area contributed by atoms with Crippen LogP contribution in [0.3, 0.4) is 0 Å². The van der Waals surface area contributed by atoms with Gasteiger partial charge < -0.3 is 4.90 Å². The Morgan fingerprint density at radius 1 is 1.22 bits per heavy atom. The van der Waals surface area contributed by atoms with Crippen molar-refractivity contribution >= 4 is 28.6 Å². The van der Waals surface area contributed by atoms with E-state index in [0.717, 1.165) is 30.8 Å². The quantitative estimate of drug-likeness (QED) is 0.653. The molecule has 5 nitrogen and oxygen atoms in total. The van der Waals surface area contributed by atoms with Crippen LogP contribution in [0.2, 0.25) is 0 Å². The maximum Gasteiger partial charge on any atom is 0.261 e. The first-order valence-electron chi connectivity index (χ1n) is 8.98. The Balaban J connectivity index is 1.60. The first kappa shape index (κ1) is 17.8. The number of benzene rings is 2. The fraction of sp³-hybridized carbons (Fsp3) is 0.286. The lowest BCUT2D eigenvalue weighted by Crippen LogP contribution is -2.26. The van der Waals surface area contributed by atoms with Crippen molar-refractivity contribution in [3.63, 3.8) is 0 Å². The van der Waals surface area contributed by atoms with E-state index in [2.05, 4.69) is 17.1 Å². The number of amides is 1. The third-order valence-electron chi connectivity index (χ3n) is 4.99. The predicted molar refractivity (Wildman–Crippen MR) is 108 cm³/mol. The van der Waals surface area contributed by atoms with Gasteiger partial charge in [0.05, 0.1) is 10.9 Å². The zero-order valence-corrected chi connectivity index (χ0v) is 16.3. The van der Waals surface area contributed by atoms with Crippen LogP contribution in [0.25, 0.3) is 10.9 Å². The maximum absolute atomic E-state index is 12.8. The maximum atomic E-state index is 12.8. The lowest BCUT2D eigenvalue weighted by molar-refractivity contribution is 0.0785. The van der Waals surface area contributed by atoms with Crippen LogP contribution in [0.15, 0.2) is 52.2 Å². The predicted octanol–water partition coefficient (Wildman–Crippen LogP) is 3.34. The molecule has 0 saturated heterocycles. The summed E-state index contributed by atoms with van der Waals surface area (Å²) in [6.45, 7) is 1.27. The molecule has 0 atom stereocenters. The van der Waals surface area contributed by atoms with Crippen LogP contribution >= 0.6 is 11.8 Å². The van der Waals surface area contributed by atoms with E-state index in [1.165, 1.54) is 4.90 Å². The van der Waals surface area contributed by atoms with E-state index >= 15 is 0 Å². The van der Waals surface area contributed by atoms with Gasteiger partial charge in [-0.2, -0.15) is 0 Å². The number of hydrogen-bond acceptors (Lipinski definition) is 4. The van der Waals surface area contributed by atoms with Crippen molar-refractivity contribution in [1.82, 2.24) is 14.5 Å². The van der Waals surface area contributed by atoms with Gasteiger partial charge in [0.15, 0.2) is 0 Å². The van der Waals surface area contributed by atoms with Crippen molar-refractivity contribution in [1.29, 1.82) is 0 Å². The summed E-state index contributed by atoms with van der Waals surface area (Å²) >= 11 is 1.70. The lowest BCUT2D eigenvalue weighted by atomic mass is 10.1. The molecule has 0 fully saturated rings. The topological polar surface area (TPSA) is 55.2 Å². The summed E-state index contributed by atoms with van der Waals surface area (Å²) in [5, 5.41) is 0.576. The van der Waals surface area contributed by atoms with Crippen LogP contribution in [0.5, 0.6) is 0 Å². The zero-order valence-electron chi connectivity index (χ0n) is 15.4. The molecule has 0 aliphatic carbocycles. The number of fused-ring (bicyclic) bond motifs is 2. The number of hydrogen-bond donors (Lipinski definition) is 0. The summed E-state index contributed by atoms with van der Waals surface area (Å²) in [7, 11) is 1.79. The third-order valence-corrected chi connectivity index (χ3v) is 5.73. The molecule has 27 heavy (non-hydrogen) atoms. The van der Waals surface area contributed by atoms with Crippen molar-refractivity contribution in [3.05, 3.63) is 69.8 Å². The van der Waals surface area contributed by atoms with E-state index in [-0.39, 0.29) is 11.5 Å². The molecule has 2 aromatic carbocycles. The summed E-state index contributed by atoms with van der Waals surface area (Å²) in [5.41, 5.74) is 2.24. The minimum absolute atomic E-state index is 0.00580. The largest absolute Gasteiger partial charge is 0.337 e. The monoisotopic (exact) mass is 379 g/mol. The second kappa shape index (κ2) is 7.19. The highest BCUT2D eigenvalue weighted by molar-refractivity contribution is 7.98. The molecule has 0 bridgehead atoms. The zero-order chi connectivity index (χ0) is 19.0. The fourth-order valence-corrected chi connectivity index (χ4v) is 3.92. The summed E-state index contributed by atoms with van der Waals surface area (Å²) in [4.78, 5) is 32.9. The number of carbonyl (C=O) groups excluding carboxylic acids is 1. The molecule has 0 saturated carbocycles. The van der Waals surface area contributed by atoms with Crippen LogP contribution in [-0.4, -0.2) is 33.7 Å². The molecule has 0 N–H and O–H groups in total. The molecule has 1 amide bonds. The summed E-state index contributed by atoms with van der Waals surface area (Å²) < 4.78 is 1.74. The van der Waals surface area contributed by atoms with E-state index in [1.807, 2.05) is 18.4 Å². The highest BCUT2D eigenvalue weighted by Gasteiger charge is 2.18. The average molecular weight is 379 g/mol. The van der Waals surface area contributed by atoms with Gasteiger partial charge in [-0.25, -0.2) is 4.98 Å². The minimum atomic E-state index is -0.0757. The number of rotatable bonds is 4. The Hall–Kier alpha value is -2.60. The van der Waals surface area contributed by atoms with E-state index in [1.54, 1.807) is 46.5 Å². The Kier molecular flexibility index (Phi) is 4.74. The molecule has 0 spiro atoms. The van der Waals surface area contributed by atoms with Crippen LogP contribution in [-0.2, 0) is 19.5 Å². The summed E-state index contributed by atoms with van der Waals surface area (Å²) in [6.07, 6.45) is 3.80. The van der Waals surface area contributed by atoms with Crippen LogP contribution in [0.1, 0.15) is 28.2 Å². The highest BCUT2D eigenvalue weighted by Crippen LogP contribution is 2.19. The van der Waals surface area contributed by atoms with Crippen molar-refractivity contribution in [3.8, 4) is 0 Å². The molecule has 2 heterocycles. The molecule has 138 valence electrons. The average Bonchev–Trinajstić information content (AvgIpc) is 3.16. The summed E-state index contributed by atoms with van der Waals surface area (Å²) in [5.74, 6) is 0.743. The third kappa shape index (κ3) is 3.37. The van der Waals surface area contributed by atoms with Gasteiger partial charge in [-0.1, -0.05) is 12.1 Å². The number of aromatic nitrogens is 2. The van der Waals surface area contributed by atoms with Gasteiger partial charge in [-0.05, 0) is 48.6 Å². The van der Waals surface area contributed by atoms with E-state index < -0.39 is 0 Å². The number of thioether (sulfide) groups is 1. The van der Waals surface area contributed by atoms with Crippen molar-refractivity contribution < 1.29 is 4.79 Å². The second-order valence-electron chi connectivity index (χ2n) is 6.83. The van der Waals surface area contributed by atoms with Gasteiger partial charge in [0.2, 0.25) is 0 Å². The van der Waals surface area contributed by atoms with Crippen molar-refractivity contribution in [2.45, 2.75) is 30.8 Å². The second-order valence-corrected chi connectivity index (χ2v) is 7.71. The normalized spacial score (nSPS) is 13.0. The van der Waals surface area contributed by atoms with Crippen molar-refractivity contribution in [2.24, 2.45) is 0 Å². The molecule has 3 aromatic rings. The molecule has 1 aliphatic rings. The van der Waals surface area contributed by atoms with Gasteiger partial charge >= 0.3 is 0 Å². The molecule has 1 aromatic heterocycles. The van der Waals surface area contributed by atoms with Crippen LogP contribution in [0, 0.1) is 0 Å². The van der Waals surface area contributed by atoms with Crippen LogP contribution in [0.4, 0.5) is 0 Å². The molecule has 6 heteroatoms. The van der Waals surface area contributed by atoms with E-state index in [0.29, 0.717) is 23.0 Å². The number of nitrogens with zero attached hydrogens (tertiary/aromatic N) is 3. The Morgan fingerprint density at radius 2 is 2.00 bits per heavy atom. The van der Waals surface area contributed by atoms with Gasteiger partial charge in [0.25, 0.3) is 11.5 Å². The molecular weight excluding hydrogens is 358 g/mol. The van der Waals surface area contributed by atoms with Crippen LogP contribution < -0.4 is 5.56 Å². The molecule has 0 radical (unpaired) electrons. The Morgan fingerprint density at radius 3 is 2.74 bits per heavy atom. The van der Waals surface area contributed by atoms with Gasteiger partial charge in [-0.15, -0.1) is 11.8 Å². The minimum Gasteiger partial charge on any atom is -0.337 e. The standard InChI is InChI=1S/C21H21N3O2S/c1-23(13-14-5-8-16(27-2)9-6-14)20(25)15-7-10-17-18(12-15)22-19-4-3-11-24(19)21(17)26/h5-10,12H,3-4,11,13H2,1-2H3. The Bertz CT molecular complexity index is 1070. The number of aryl methyl sites for hydroxylation is 1. The van der Waals surface area contributed by atoms with E-state index in [9.17, 15) is 9.59 Å². The van der Waals surface area contributed by atoms with Crippen molar-refractivity contribution in [2.75, 3.05) is 13.3 Å². The SMILES string of the molecule is CSc1ccc(CN(C)C(=O)c2ccc3c(=O)n4c(nc3c2)CCC4)cc1. The molecule has 4 rings (SSSR count). The highest BCUT2D eigenvalue weighted by atomic mass is 32.2. The van der Waals surface area contributed by atoms with Gasteiger partial charge in [-0.3, -0.25) is 14.2 Å². The fourth-order valence-electron chi connectivity index (χ4n) is 3.51. The number of carbonyl (C=O) groups is 1. The smallest absolute Gasteiger partial charge is 0.261 e. The molecular formula is C21H21N3O2S. The van der Waals surface area contributed by atoms with Gasteiger partial charge in [0, 0.05) is 37.0 Å². The first-order valence-corrected chi connectivity index (χ1v) is 10.2. The van der Waals surface area contributed by atoms with E-state index in [4.69, 9.17) is 0 Å². The molecule has 0 unspecified atom stereocenters. The first-order chi connectivity index (χ1) is 13.1. The Labute approximate surface area is 162 Å². The molecule has 1 aliphatic heterocycles. The van der Waals surface area contributed by atoms with Gasteiger partial charge in [0.1, 0.15) is 5.82 Å².